The molecule has 2 heterocycles. The van der Waals surface area contributed by atoms with E-state index < -0.39 is 0 Å². The second-order valence-corrected chi connectivity index (χ2v) is 8.00. The van der Waals surface area contributed by atoms with Crippen LogP contribution in [0.1, 0.15) is 50.5 Å². The van der Waals surface area contributed by atoms with E-state index in [1.54, 1.807) is 6.07 Å². The van der Waals surface area contributed by atoms with Crippen LogP contribution >= 0.6 is 0 Å². The number of hydrogen-bond acceptors (Lipinski definition) is 4. The Balaban J connectivity index is 1.36. The van der Waals surface area contributed by atoms with Crippen molar-refractivity contribution < 1.29 is 19.4 Å². The molecule has 1 N–H and O–H groups in total. The highest BCUT2D eigenvalue weighted by Gasteiger charge is 2.52. The highest BCUT2D eigenvalue weighted by Crippen LogP contribution is 2.57. The van der Waals surface area contributed by atoms with Crippen LogP contribution in [0, 0.1) is 17.3 Å². The molecular formula is C20H26O4. The van der Waals surface area contributed by atoms with Crippen LogP contribution in [0.2, 0.25) is 0 Å². The van der Waals surface area contributed by atoms with Gasteiger partial charge in [0.05, 0.1) is 25.2 Å². The molecular weight excluding hydrogens is 304 g/mol. The molecule has 2 aliphatic carbocycles. The average Bonchev–Trinajstić information content (AvgIpc) is 3.41. The largest absolute Gasteiger partial charge is 0.508 e. The number of fused-ring (bicyclic) bond motifs is 3. The van der Waals surface area contributed by atoms with Crippen LogP contribution in [0.5, 0.6) is 5.75 Å². The maximum Gasteiger partial charge on any atom is 0.308 e. The number of esters is 1. The number of hydrogen-bond donors (Lipinski definition) is 1. The molecule has 4 fully saturated rings. The number of aromatic hydroxyl groups is 1. The summed E-state index contributed by atoms with van der Waals surface area (Å²) >= 11 is 0. The highest BCUT2D eigenvalue weighted by molar-refractivity contribution is 5.75. The second kappa shape index (κ2) is 5.76. The number of phenolic OH excluding ortho intramolecular Hbond substituents is 1. The van der Waals surface area contributed by atoms with Gasteiger partial charge in [-0.05, 0) is 74.0 Å². The van der Waals surface area contributed by atoms with Crippen LogP contribution < -0.4 is 0 Å². The number of benzene rings is 1. The van der Waals surface area contributed by atoms with E-state index in [0.717, 1.165) is 44.3 Å². The molecule has 0 aromatic heterocycles. The number of carbonyl (C=O) groups excluding carboxylic acids is 1. The van der Waals surface area contributed by atoms with Gasteiger partial charge >= 0.3 is 5.97 Å². The minimum absolute atomic E-state index is 0.0380. The van der Waals surface area contributed by atoms with Crippen molar-refractivity contribution in [2.24, 2.45) is 17.3 Å². The molecule has 0 radical (unpaired) electrons. The van der Waals surface area contributed by atoms with E-state index in [1.165, 1.54) is 20.0 Å². The quantitative estimate of drug-likeness (QED) is 0.835. The zero-order valence-electron chi connectivity index (χ0n) is 14.3. The monoisotopic (exact) mass is 330 g/mol. The minimum atomic E-state index is -0.200. The normalized spacial score (nSPS) is 37.2. The van der Waals surface area contributed by atoms with Crippen molar-refractivity contribution >= 4 is 5.97 Å². The third-order valence-electron chi connectivity index (χ3n) is 6.62. The van der Waals surface area contributed by atoms with E-state index in [2.05, 4.69) is 6.07 Å². The Bertz CT molecular complexity index is 614. The lowest BCUT2D eigenvalue weighted by Gasteiger charge is -2.53. The number of ether oxygens (including phenoxy) is 2. The predicted octanol–water partition coefficient (Wildman–Crippen LogP) is 3.77. The highest BCUT2D eigenvalue weighted by atomic mass is 16.5. The molecule has 2 saturated heterocycles. The summed E-state index contributed by atoms with van der Waals surface area (Å²) in [5.41, 5.74) is 1.21. The summed E-state index contributed by atoms with van der Waals surface area (Å²) in [4.78, 5) is 11.6. The van der Waals surface area contributed by atoms with Gasteiger partial charge in [0.1, 0.15) is 5.75 Å². The smallest absolute Gasteiger partial charge is 0.308 e. The molecule has 4 aliphatic rings. The molecule has 0 amide bonds. The van der Waals surface area contributed by atoms with Crippen molar-refractivity contribution in [3.05, 3.63) is 29.8 Å². The first-order valence-electron chi connectivity index (χ1n) is 9.07. The van der Waals surface area contributed by atoms with Crippen molar-refractivity contribution in [1.29, 1.82) is 0 Å². The lowest BCUT2D eigenvalue weighted by molar-refractivity contribution is -0.192. The van der Waals surface area contributed by atoms with Crippen molar-refractivity contribution in [1.82, 2.24) is 0 Å². The minimum Gasteiger partial charge on any atom is -0.508 e. The van der Waals surface area contributed by atoms with Gasteiger partial charge in [0.2, 0.25) is 0 Å². The SMILES string of the molecule is COC(=O)[C@@H]1C[C@H]1CCC12CCC(c3cccc(O)c3)(CC1)OC2. The topological polar surface area (TPSA) is 55.8 Å². The Morgan fingerprint density at radius 1 is 1.33 bits per heavy atom. The summed E-state index contributed by atoms with van der Waals surface area (Å²) in [6.07, 6.45) is 7.68. The Hall–Kier alpha value is -1.55. The van der Waals surface area contributed by atoms with Crippen molar-refractivity contribution in [3.63, 3.8) is 0 Å². The molecule has 4 heteroatoms. The second-order valence-electron chi connectivity index (χ2n) is 8.00. The molecule has 0 spiro atoms. The first kappa shape index (κ1) is 15.9. The van der Waals surface area contributed by atoms with E-state index >= 15 is 0 Å². The average molecular weight is 330 g/mol. The summed E-state index contributed by atoms with van der Waals surface area (Å²) in [7, 11) is 1.48. The van der Waals surface area contributed by atoms with E-state index in [1.807, 2.05) is 12.1 Å². The van der Waals surface area contributed by atoms with Crippen LogP contribution in [-0.4, -0.2) is 24.8 Å². The van der Waals surface area contributed by atoms with Gasteiger partial charge in [0.25, 0.3) is 0 Å². The van der Waals surface area contributed by atoms with Crippen LogP contribution in [0.3, 0.4) is 0 Å². The van der Waals surface area contributed by atoms with Gasteiger partial charge in [-0.15, -0.1) is 0 Å². The fourth-order valence-corrected chi connectivity index (χ4v) is 4.75. The van der Waals surface area contributed by atoms with Gasteiger partial charge in [-0.25, -0.2) is 0 Å². The molecule has 2 atom stereocenters. The Morgan fingerprint density at radius 3 is 2.75 bits per heavy atom. The standard InChI is InChI=1S/C20H26O4/c1-23-18(22)17-11-14(17)5-6-19-7-9-20(10-8-19,24-13-19)15-3-2-4-16(21)12-15/h2-4,12,14,17,21H,5-11,13H2,1H3/t14-,17-,19?,20?/m1/s1. The fourth-order valence-electron chi connectivity index (χ4n) is 4.75. The lowest BCUT2D eigenvalue weighted by atomic mass is 9.62. The molecule has 2 saturated carbocycles. The lowest BCUT2D eigenvalue weighted by Crippen LogP contribution is -2.49. The zero-order chi connectivity index (χ0) is 16.8. The van der Waals surface area contributed by atoms with Gasteiger partial charge in [-0.2, -0.15) is 0 Å². The number of rotatable bonds is 5. The predicted molar refractivity (Wildman–Crippen MR) is 89.5 cm³/mol. The van der Waals surface area contributed by atoms with Crippen LogP contribution in [-0.2, 0) is 19.9 Å². The zero-order valence-corrected chi connectivity index (χ0v) is 14.3. The molecule has 2 aliphatic heterocycles. The van der Waals surface area contributed by atoms with Gasteiger partial charge < -0.3 is 14.6 Å². The van der Waals surface area contributed by atoms with Crippen LogP contribution in [0.25, 0.3) is 0 Å². The Kier molecular flexibility index (Phi) is 3.83. The van der Waals surface area contributed by atoms with E-state index in [4.69, 9.17) is 9.47 Å². The number of methoxy groups -OCH3 is 1. The molecule has 2 bridgehead atoms. The van der Waals surface area contributed by atoms with Crippen molar-refractivity contribution in [2.75, 3.05) is 13.7 Å². The number of carbonyl (C=O) groups is 1. The Morgan fingerprint density at radius 2 is 2.12 bits per heavy atom. The van der Waals surface area contributed by atoms with E-state index in [9.17, 15) is 9.90 Å². The van der Waals surface area contributed by atoms with E-state index in [-0.39, 0.29) is 17.5 Å². The van der Waals surface area contributed by atoms with Crippen molar-refractivity contribution in [2.45, 2.75) is 50.5 Å². The molecule has 0 unspecified atom stereocenters. The fraction of sp³-hybridized carbons (Fsp3) is 0.650. The van der Waals surface area contributed by atoms with Gasteiger partial charge in [-0.3, -0.25) is 4.79 Å². The summed E-state index contributed by atoms with van der Waals surface area (Å²) in [6.45, 7) is 0.804. The van der Waals surface area contributed by atoms with Gasteiger partial charge in [-0.1, -0.05) is 12.1 Å². The first-order chi connectivity index (χ1) is 11.6. The van der Waals surface area contributed by atoms with E-state index in [0.29, 0.717) is 17.1 Å². The third kappa shape index (κ3) is 2.71. The molecule has 5 rings (SSSR count). The van der Waals surface area contributed by atoms with Crippen LogP contribution in [0.4, 0.5) is 0 Å². The third-order valence-corrected chi connectivity index (χ3v) is 6.62. The molecule has 130 valence electrons. The van der Waals surface area contributed by atoms with Crippen LogP contribution in [0.15, 0.2) is 24.3 Å². The van der Waals surface area contributed by atoms with Gasteiger partial charge in [0.15, 0.2) is 0 Å². The maximum absolute atomic E-state index is 11.6. The molecule has 1 aromatic carbocycles. The summed E-state index contributed by atoms with van der Waals surface area (Å²) < 4.78 is 11.2. The maximum atomic E-state index is 11.6. The first-order valence-corrected chi connectivity index (χ1v) is 9.07. The molecule has 1 aromatic rings. The summed E-state index contributed by atoms with van der Waals surface area (Å²) in [5, 5.41) is 9.77. The summed E-state index contributed by atoms with van der Waals surface area (Å²) in [5.74, 6) is 0.941. The summed E-state index contributed by atoms with van der Waals surface area (Å²) in [6, 6.07) is 7.54. The van der Waals surface area contributed by atoms with Crippen molar-refractivity contribution in [3.8, 4) is 5.75 Å². The molecule has 4 nitrogen and oxygen atoms in total. The Labute approximate surface area is 143 Å². The number of phenols is 1. The van der Waals surface area contributed by atoms with Gasteiger partial charge in [0, 0.05) is 0 Å². The molecule has 24 heavy (non-hydrogen) atoms.